The van der Waals surface area contributed by atoms with Crippen molar-refractivity contribution in [2.45, 2.75) is 53.6 Å². The van der Waals surface area contributed by atoms with Gasteiger partial charge in [-0.2, -0.15) is 18.3 Å². The van der Waals surface area contributed by atoms with Crippen LogP contribution in [0.4, 0.5) is 24.7 Å². The molecule has 1 saturated heterocycles. The van der Waals surface area contributed by atoms with Gasteiger partial charge < -0.3 is 24.7 Å². The van der Waals surface area contributed by atoms with Crippen molar-refractivity contribution in [3.05, 3.63) is 42.1 Å². The number of fused-ring (bicyclic) bond motifs is 3. The summed E-state index contributed by atoms with van der Waals surface area (Å²) < 4.78 is 66.1. The first kappa shape index (κ1) is 31.2. The number of hydrogen-bond acceptors (Lipinski definition) is 8. The van der Waals surface area contributed by atoms with Gasteiger partial charge in [-0.1, -0.05) is 12.0 Å². The van der Waals surface area contributed by atoms with Crippen LogP contribution in [-0.4, -0.2) is 84.4 Å². The summed E-state index contributed by atoms with van der Waals surface area (Å²) in [5.41, 5.74) is -3.36. The smallest absolute Gasteiger partial charge is 0.446 e. The van der Waals surface area contributed by atoms with E-state index in [4.69, 9.17) is 9.47 Å². The van der Waals surface area contributed by atoms with Crippen LogP contribution in [0.2, 0.25) is 0 Å². The highest BCUT2D eigenvalue weighted by Gasteiger charge is 2.60. The first-order chi connectivity index (χ1) is 20.9. The highest BCUT2D eigenvalue weighted by atomic mass is 32.2. The molecular formula is C31H37F3N5O3PS. The van der Waals surface area contributed by atoms with E-state index in [1.807, 2.05) is 6.07 Å². The van der Waals surface area contributed by atoms with E-state index < -0.39 is 12.7 Å². The van der Waals surface area contributed by atoms with Crippen LogP contribution in [0.25, 0.3) is 5.52 Å². The summed E-state index contributed by atoms with van der Waals surface area (Å²) in [6.45, 7) is 6.92. The van der Waals surface area contributed by atoms with Crippen molar-refractivity contribution in [2.24, 2.45) is 0 Å². The van der Waals surface area contributed by atoms with Crippen molar-refractivity contribution in [2.75, 3.05) is 63.9 Å². The first-order valence-electron chi connectivity index (χ1n) is 14.8. The van der Waals surface area contributed by atoms with Crippen molar-refractivity contribution < 1.29 is 27.2 Å². The van der Waals surface area contributed by atoms with Gasteiger partial charge in [-0.3, -0.25) is 4.90 Å². The number of anilines is 2. The number of nitrogens with one attached hydrogen (secondary N) is 2. The van der Waals surface area contributed by atoms with Gasteiger partial charge in [0.25, 0.3) is 0 Å². The molecule has 8 nitrogen and oxygen atoms in total. The monoisotopic (exact) mass is 647 g/mol. The lowest BCUT2D eigenvalue weighted by Gasteiger charge is -2.65. The molecule has 3 saturated carbocycles. The van der Waals surface area contributed by atoms with Crippen LogP contribution in [0.1, 0.15) is 37.8 Å². The highest BCUT2D eigenvalue weighted by molar-refractivity contribution is 8.00. The number of aromatic nitrogens is 2. The average Bonchev–Trinajstić information content (AvgIpc) is 3.31. The number of ether oxygens (including phenoxy) is 2. The number of nitrogens with zero attached hydrogens (tertiary/aromatic N) is 3. The standard InChI is InChI=1S/C31H37F3N5O3PS/c1-41-26-19-22(43(2,3)40)10-11-23(26)35-14-5-7-24-28(44-31(32,33)34)25-8-4-9-27(39(25)37-24)36-29-12-6-13-30(20-29,21-29)38-15-17-42-18-16-38/h4,8-11,19,35-36H,6,12-18,20-21H2,1-3H3. The van der Waals surface area contributed by atoms with Gasteiger partial charge in [0.05, 0.1) is 43.0 Å². The molecule has 13 heteroatoms. The molecule has 1 aliphatic heterocycles. The Morgan fingerprint density at radius 3 is 2.64 bits per heavy atom. The third kappa shape index (κ3) is 6.30. The van der Waals surface area contributed by atoms with Gasteiger partial charge >= 0.3 is 5.51 Å². The Balaban J connectivity index is 1.24. The number of benzene rings is 1. The van der Waals surface area contributed by atoms with Gasteiger partial charge in [-0.15, -0.1) is 0 Å². The Kier molecular flexibility index (Phi) is 8.37. The van der Waals surface area contributed by atoms with Crippen molar-refractivity contribution >= 4 is 41.2 Å². The van der Waals surface area contributed by atoms with Gasteiger partial charge in [-0.05, 0) is 93.4 Å². The zero-order valence-electron chi connectivity index (χ0n) is 25.1. The maximum atomic E-state index is 13.7. The topological polar surface area (TPSA) is 80.1 Å². The van der Waals surface area contributed by atoms with Gasteiger partial charge in [-0.25, -0.2) is 4.52 Å². The van der Waals surface area contributed by atoms with E-state index in [2.05, 4.69) is 32.5 Å². The van der Waals surface area contributed by atoms with Gasteiger partial charge in [0, 0.05) is 29.5 Å². The Morgan fingerprint density at radius 2 is 1.93 bits per heavy atom. The third-order valence-electron chi connectivity index (χ3n) is 8.92. The summed E-state index contributed by atoms with van der Waals surface area (Å²) >= 11 is -0.189. The van der Waals surface area contributed by atoms with E-state index in [-0.39, 0.29) is 40.0 Å². The fourth-order valence-corrected chi connectivity index (χ4v) is 8.57. The first-order valence-corrected chi connectivity index (χ1v) is 18.2. The number of thioether (sulfide) groups is 1. The Bertz CT molecular complexity index is 1650. The third-order valence-corrected chi connectivity index (χ3v) is 11.3. The van der Waals surface area contributed by atoms with Crippen LogP contribution >= 0.6 is 18.9 Å². The molecule has 4 fully saturated rings. The lowest BCUT2D eigenvalue weighted by molar-refractivity contribution is -0.107. The Hall–Kier alpha value is -2.84. The average molecular weight is 648 g/mol. The molecule has 0 atom stereocenters. The molecular weight excluding hydrogens is 610 g/mol. The van der Waals surface area contributed by atoms with Crippen molar-refractivity contribution in [3.63, 3.8) is 0 Å². The number of pyridine rings is 1. The molecule has 3 aliphatic carbocycles. The van der Waals surface area contributed by atoms with Crippen LogP contribution in [0.3, 0.4) is 0 Å². The molecule has 3 heterocycles. The summed E-state index contributed by atoms with van der Waals surface area (Å²) in [5.74, 6) is 6.98. The van der Waals surface area contributed by atoms with Crippen molar-refractivity contribution in [3.8, 4) is 17.6 Å². The van der Waals surface area contributed by atoms with Crippen molar-refractivity contribution in [1.29, 1.82) is 0 Å². The number of morpholine rings is 1. The fraction of sp³-hybridized carbons (Fsp3) is 0.516. The minimum absolute atomic E-state index is 0.0188. The minimum Gasteiger partial charge on any atom is -0.495 e. The maximum Gasteiger partial charge on any atom is 0.446 e. The van der Waals surface area contributed by atoms with Crippen LogP contribution in [0.15, 0.2) is 41.3 Å². The number of rotatable bonds is 8. The zero-order valence-corrected chi connectivity index (χ0v) is 26.8. The summed E-state index contributed by atoms with van der Waals surface area (Å²) in [4.78, 5) is 2.55. The van der Waals surface area contributed by atoms with E-state index in [1.165, 1.54) is 7.11 Å². The fourth-order valence-electron chi connectivity index (χ4n) is 7.03. The normalized spacial score (nSPS) is 23.9. The minimum atomic E-state index is -4.50. The Labute approximate surface area is 259 Å². The van der Waals surface area contributed by atoms with Gasteiger partial charge in [0.1, 0.15) is 24.4 Å². The van der Waals surface area contributed by atoms with E-state index in [9.17, 15) is 17.7 Å². The second-order valence-corrected chi connectivity index (χ2v) is 16.6. The van der Waals surface area contributed by atoms with Gasteiger partial charge in [0.15, 0.2) is 0 Å². The predicted octanol–water partition coefficient (Wildman–Crippen LogP) is 5.87. The Morgan fingerprint density at radius 1 is 1.16 bits per heavy atom. The molecule has 4 aliphatic rings. The molecule has 2 bridgehead atoms. The van der Waals surface area contributed by atoms with Crippen molar-refractivity contribution in [1.82, 2.24) is 14.5 Å². The van der Waals surface area contributed by atoms with Crippen LogP contribution < -0.4 is 20.7 Å². The summed E-state index contributed by atoms with van der Waals surface area (Å²) in [7, 11) is -0.946. The molecule has 1 aromatic carbocycles. The molecule has 236 valence electrons. The summed E-state index contributed by atoms with van der Waals surface area (Å²) in [6.07, 6.45) is 5.27. The molecule has 7 rings (SSSR count). The highest BCUT2D eigenvalue weighted by Crippen LogP contribution is 2.56. The molecule has 0 spiro atoms. The quantitative estimate of drug-likeness (QED) is 0.179. The van der Waals surface area contributed by atoms with Crippen LogP contribution in [0.5, 0.6) is 5.75 Å². The van der Waals surface area contributed by atoms with E-state index in [1.54, 1.807) is 48.2 Å². The maximum absolute atomic E-state index is 13.7. The van der Waals surface area contributed by atoms with Crippen LogP contribution in [0, 0.1) is 11.8 Å². The second kappa shape index (κ2) is 11.8. The number of methoxy groups -OCH3 is 1. The molecule has 0 unspecified atom stereocenters. The molecule has 2 aromatic heterocycles. The summed E-state index contributed by atoms with van der Waals surface area (Å²) in [6, 6.07) is 10.6. The lowest BCUT2D eigenvalue weighted by Crippen LogP contribution is -2.71. The van der Waals surface area contributed by atoms with Crippen LogP contribution in [-0.2, 0) is 9.30 Å². The zero-order chi connectivity index (χ0) is 31.2. The predicted molar refractivity (Wildman–Crippen MR) is 169 cm³/mol. The molecule has 44 heavy (non-hydrogen) atoms. The molecule has 0 radical (unpaired) electrons. The molecule has 3 aromatic rings. The number of halogens is 3. The molecule has 2 N–H and O–H groups in total. The van der Waals surface area contributed by atoms with E-state index >= 15 is 0 Å². The number of alkyl halides is 3. The largest absolute Gasteiger partial charge is 0.495 e. The molecule has 0 amide bonds. The van der Waals surface area contributed by atoms with E-state index in [0.29, 0.717) is 28.1 Å². The van der Waals surface area contributed by atoms with Gasteiger partial charge in [0.2, 0.25) is 0 Å². The second-order valence-electron chi connectivity index (χ2n) is 12.3. The SMILES string of the molecule is COc1cc(P(C)(C)=O)ccc1NCC#Cc1nn2c(NC34CCCC(N5CCOCC5)(C3)C4)cccc2c1SC(F)(F)F. The number of hydrogen-bond donors (Lipinski definition) is 2. The lowest BCUT2D eigenvalue weighted by atomic mass is 9.53. The van der Waals surface area contributed by atoms with E-state index in [0.717, 1.165) is 58.4 Å². The summed E-state index contributed by atoms with van der Waals surface area (Å²) in [5, 5.41) is 12.1.